The molecule has 3 rings (SSSR count). The Kier molecular flexibility index (Phi) is 5.87. The van der Waals surface area contributed by atoms with Crippen molar-refractivity contribution in [2.75, 3.05) is 13.1 Å². The molecule has 1 N–H and O–H groups in total. The predicted octanol–water partition coefficient (Wildman–Crippen LogP) is 2.55. The van der Waals surface area contributed by atoms with E-state index in [1.165, 1.54) is 5.56 Å². The number of amides is 1. The minimum absolute atomic E-state index is 0.121. The lowest BCUT2D eigenvalue weighted by molar-refractivity contribution is -0.123. The SMILES string of the molecule is C[C@@H]1CN(Cc2ccccc2)C[C@H](C)C1NC(=O)CCn1cccn1. The lowest BCUT2D eigenvalue weighted by Gasteiger charge is -2.41. The van der Waals surface area contributed by atoms with E-state index in [1.807, 2.05) is 12.3 Å². The molecule has 134 valence electrons. The lowest BCUT2D eigenvalue weighted by Crippen LogP contribution is -2.54. The Labute approximate surface area is 150 Å². The number of likely N-dealkylation sites (tertiary alicyclic amines) is 1. The average Bonchev–Trinajstić information content (AvgIpc) is 3.11. The number of nitrogens with zero attached hydrogens (tertiary/aromatic N) is 3. The molecule has 0 saturated carbocycles. The van der Waals surface area contributed by atoms with Gasteiger partial charge in [0.15, 0.2) is 0 Å². The zero-order valence-electron chi connectivity index (χ0n) is 15.1. The number of carbonyl (C=O) groups excluding carboxylic acids is 1. The number of hydrogen-bond donors (Lipinski definition) is 1. The Morgan fingerprint density at radius 2 is 1.88 bits per heavy atom. The Morgan fingerprint density at radius 1 is 1.16 bits per heavy atom. The van der Waals surface area contributed by atoms with Gasteiger partial charge in [-0.2, -0.15) is 5.10 Å². The summed E-state index contributed by atoms with van der Waals surface area (Å²) in [5.41, 5.74) is 1.35. The molecule has 1 fully saturated rings. The molecule has 0 radical (unpaired) electrons. The van der Waals surface area contributed by atoms with E-state index in [0.717, 1.165) is 19.6 Å². The summed E-state index contributed by atoms with van der Waals surface area (Å²) in [6, 6.07) is 12.7. The van der Waals surface area contributed by atoms with Crippen molar-refractivity contribution in [3.8, 4) is 0 Å². The van der Waals surface area contributed by atoms with Crippen molar-refractivity contribution in [3.63, 3.8) is 0 Å². The van der Waals surface area contributed by atoms with E-state index < -0.39 is 0 Å². The van der Waals surface area contributed by atoms with Crippen molar-refractivity contribution in [2.24, 2.45) is 11.8 Å². The van der Waals surface area contributed by atoms with Crippen LogP contribution in [0.4, 0.5) is 0 Å². The summed E-state index contributed by atoms with van der Waals surface area (Å²) in [6.45, 7) is 8.13. The van der Waals surface area contributed by atoms with Crippen molar-refractivity contribution in [3.05, 3.63) is 54.4 Å². The van der Waals surface area contributed by atoms with Crippen molar-refractivity contribution in [2.45, 2.75) is 39.4 Å². The summed E-state index contributed by atoms with van der Waals surface area (Å²) >= 11 is 0. The Balaban J connectivity index is 1.49. The number of rotatable bonds is 6. The molecule has 1 aliphatic rings. The monoisotopic (exact) mass is 340 g/mol. The predicted molar refractivity (Wildman–Crippen MR) is 98.8 cm³/mol. The fourth-order valence-electron chi connectivity index (χ4n) is 3.84. The molecule has 1 amide bonds. The van der Waals surface area contributed by atoms with Gasteiger partial charge in [-0.05, 0) is 23.5 Å². The fraction of sp³-hybridized carbons (Fsp3) is 0.500. The number of carbonyl (C=O) groups is 1. The topological polar surface area (TPSA) is 50.2 Å². The second-order valence-corrected chi connectivity index (χ2v) is 7.25. The van der Waals surface area contributed by atoms with Crippen LogP contribution in [-0.4, -0.2) is 39.7 Å². The molecule has 1 unspecified atom stereocenters. The molecule has 2 heterocycles. The highest BCUT2D eigenvalue weighted by molar-refractivity contribution is 5.76. The minimum atomic E-state index is 0.121. The number of aryl methyl sites for hydroxylation is 1. The number of hydrogen-bond acceptors (Lipinski definition) is 3. The van der Waals surface area contributed by atoms with E-state index in [0.29, 0.717) is 24.8 Å². The molecule has 0 aliphatic carbocycles. The van der Waals surface area contributed by atoms with Gasteiger partial charge in [0.05, 0.1) is 0 Å². The largest absolute Gasteiger partial charge is 0.353 e. The van der Waals surface area contributed by atoms with Gasteiger partial charge in [-0.1, -0.05) is 44.2 Å². The minimum Gasteiger partial charge on any atom is -0.353 e. The third-order valence-corrected chi connectivity index (χ3v) is 5.02. The van der Waals surface area contributed by atoms with Crippen LogP contribution in [0.1, 0.15) is 25.8 Å². The van der Waals surface area contributed by atoms with Crippen LogP contribution < -0.4 is 5.32 Å². The van der Waals surface area contributed by atoms with Crippen molar-refractivity contribution in [1.82, 2.24) is 20.0 Å². The molecule has 5 heteroatoms. The van der Waals surface area contributed by atoms with Gasteiger partial charge in [0.2, 0.25) is 5.91 Å². The van der Waals surface area contributed by atoms with Crippen LogP contribution in [0.15, 0.2) is 48.8 Å². The number of piperidine rings is 1. The third-order valence-electron chi connectivity index (χ3n) is 5.02. The maximum absolute atomic E-state index is 12.3. The van der Waals surface area contributed by atoms with Gasteiger partial charge < -0.3 is 5.32 Å². The fourth-order valence-corrected chi connectivity index (χ4v) is 3.84. The molecule has 0 bridgehead atoms. The van der Waals surface area contributed by atoms with Crippen LogP contribution in [0.25, 0.3) is 0 Å². The third kappa shape index (κ3) is 4.92. The first-order valence-electron chi connectivity index (χ1n) is 9.15. The smallest absolute Gasteiger partial charge is 0.222 e. The van der Waals surface area contributed by atoms with Crippen molar-refractivity contribution >= 4 is 5.91 Å². The van der Waals surface area contributed by atoms with E-state index in [2.05, 4.69) is 59.5 Å². The zero-order valence-corrected chi connectivity index (χ0v) is 15.1. The van der Waals surface area contributed by atoms with Crippen molar-refractivity contribution < 1.29 is 4.79 Å². The first-order valence-corrected chi connectivity index (χ1v) is 9.15. The van der Waals surface area contributed by atoms with Crippen LogP contribution in [0.3, 0.4) is 0 Å². The summed E-state index contributed by atoms with van der Waals surface area (Å²) in [4.78, 5) is 14.8. The molecule has 5 nitrogen and oxygen atoms in total. The van der Waals surface area contributed by atoms with Crippen LogP contribution in [0, 0.1) is 11.8 Å². The van der Waals surface area contributed by atoms with Crippen LogP contribution in [0.2, 0.25) is 0 Å². The Hall–Kier alpha value is -2.14. The van der Waals surface area contributed by atoms with Gasteiger partial charge >= 0.3 is 0 Å². The van der Waals surface area contributed by atoms with Gasteiger partial charge in [0, 0.05) is 51.0 Å². The molecule has 25 heavy (non-hydrogen) atoms. The number of benzene rings is 1. The Bertz CT molecular complexity index is 644. The standard InChI is InChI=1S/C20H28N4O/c1-16-13-23(15-18-7-4-3-5-8-18)14-17(2)20(16)22-19(25)9-12-24-11-6-10-21-24/h3-8,10-11,16-17,20H,9,12-15H2,1-2H3,(H,22,25)/t16-,17+,20?. The molecule has 1 saturated heterocycles. The van der Waals surface area contributed by atoms with Crippen molar-refractivity contribution in [1.29, 1.82) is 0 Å². The maximum Gasteiger partial charge on any atom is 0.222 e. The van der Waals surface area contributed by atoms with Gasteiger partial charge in [0.1, 0.15) is 0 Å². The first kappa shape index (κ1) is 17.7. The van der Waals surface area contributed by atoms with Gasteiger partial charge in [-0.3, -0.25) is 14.4 Å². The van der Waals surface area contributed by atoms with E-state index >= 15 is 0 Å². The Morgan fingerprint density at radius 3 is 2.52 bits per heavy atom. The molecular formula is C20H28N4O. The molecule has 3 atom stereocenters. The molecule has 2 aromatic rings. The zero-order chi connectivity index (χ0) is 17.6. The average molecular weight is 340 g/mol. The highest BCUT2D eigenvalue weighted by Crippen LogP contribution is 2.23. The van der Waals surface area contributed by atoms with E-state index in [9.17, 15) is 4.79 Å². The molecule has 1 aromatic carbocycles. The van der Waals surface area contributed by atoms with E-state index in [1.54, 1.807) is 10.9 Å². The summed E-state index contributed by atoms with van der Waals surface area (Å²) in [5, 5.41) is 7.40. The second-order valence-electron chi connectivity index (χ2n) is 7.25. The summed E-state index contributed by atoms with van der Waals surface area (Å²) in [7, 11) is 0. The maximum atomic E-state index is 12.3. The number of nitrogens with one attached hydrogen (secondary N) is 1. The normalized spacial score (nSPS) is 24.2. The molecule has 0 spiro atoms. The highest BCUT2D eigenvalue weighted by Gasteiger charge is 2.32. The van der Waals surface area contributed by atoms with Gasteiger partial charge in [-0.15, -0.1) is 0 Å². The highest BCUT2D eigenvalue weighted by atomic mass is 16.1. The van der Waals surface area contributed by atoms with Crippen LogP contribution in [0.5, 0.6) is 0 Å². The van der Waals surface area contributed by atoms with Gasteiger partial charge in [0.25, 0.3) is 0 Å². The molecule has 1 aromatic heterocycles. The summed E-state index contributed by atoms with van der Waals surface area (Å²) < 4.78 is 1.80. The summed E-state index contributed by atoms with van der Waals surface area (Å²) in [5.74, 6) is 1.01. The summed E-state index contributed by atoms with van der Waals surface area (Å²) in [6.07, 6.45) is 4.11. The number of aromatic nitrogens is 2. The van der Waals surface area contributed by atoms with Crippen LogP contribution >= 0.6 is 0 Å². The lowest BCUT2D eigenvalue weighted by atomic mass is 9.85. The quantitative estimate of drug-likeness (QED) is 0.879. The van der Waals surface area contributed by atoms with E-state index in [-0.39, 0.29) is 11.9 Å². The van der Waals surface area contributed by atoms with E-state index in [4.69, 9.17) is 0 Å². The molecular weight excluding hydrogens is 312 g/mol. The first-order chi connectivity index (χ1) is 12.1. The second kappa shape index (κ2) is 8.30. The van der Waals surface area contributed by atoms with Gasteiger partial charge in [-0.25, -0.2) is 0 Å². The van der Waals surface area contributed by atoms with Crippen LogP contribution in [-0.2, 0) is 17.9 Å². The molecule has 1 aliphatic heterocycles.